The normalized spacial score (nSPS) is 12.2. The summed E-state index contributed by atoms with van der Waals surface area (Å²) in [5, 5.41) is 3.44. The van der Waals surface area contributed by atoms with Crippen molar-refractivity contribution in [1.82, 2.24) is 10.2 Å². The lowest BCUT2D eigenvalue weighted by Crippen LogP contribution is -2.54. The second kappa shape index (κ2) is 13.1. The highest BCUT2D eigenvalue weighted by Gasteiger charge is 2.33. The Morgan fingerprint density at radius 3 is 2.05 bits per heavy atom. The van der Waals surface area contributed by atoms with Crippen molar-refractivity contribution in [2.24, 2.45) is 0 Å². The van der Waals surface area contributed by atoms with Gasteiger partial charge in [0.05, 0.1) is 11.9 Å². The van der Waals surface area contributed by atoms with E-state index in [1.54, 1.807) is 18.2 Å². The van der Waals surface area contributed by atoms with E-state index in [1.165, 1.54) is 4.90 Å². The van der Waals surface area contributed by atoms with Gasteiger partial charge in [0.1, 0.15) is 12.6 Å². The van der Waals surface area contributed by atoms with Crippen molar-refractivity contribution in [2.45, 2.75) is 52.7 Å². The number of carbonyl (C=O) groups is 2. The first-order valence-corrected chi connectivity index (χ1v) is 15.0. The lowest BCUT2D eigenvalue weighted by molar-refractivity contribution is -0.140. The first kappa shape index (κ1) is 30.2. The van der Waals surface area contributed by atoms with Crippen LogP contribution in [0.5, 0.6) is 0 Å². The van der Waals surface area contributed by atoms with Crippen molar-refractivity contribution in [3.63, 3.8) is 0 Å². The van der Waals surface area contributed by atoms with E-state index in [4.69, 9.17) is 11.6 Å². The van der Waals surface area contributed by atoms with Gasteiger partial charge >= 0.3 is 0 Å². The lowest BCUT2D eigenvalue weighted by Gasteiger charge is -2.34. The average Bonchev–Trinajstić information content (AvgIpc) is 2.85. The fourth-order valence-corrected chi connectivity index (χ4v) is 5.72. The standard InChI is InChI=1S/C30H36ClN3O4S/c1-21(2)32-30(36)27(18-24-13-7-6-8-14-24)33(19-25-15-10-16-26(31)17-25)28(35)20-34(39(5,37)38)29-22(3)11-9-12-23(29)4/h6-17,21,27H,18-20H2,1-5H3,(H,32,36). The summed E-state index contributed by atoms with van der Waals surface area (Å²) in [5.41, 5.74) is 3.52. The molecule has 0 spiro atoms. The van der Waals surface area contributed by atoms with Crippen molar-refractivity contribution < 1.29 is 18.0 Å². The highest BCUT2D eigenvalue weighted by molar-refractivity contribution is 7.92. The molecule has 7 nitrogen and oxygen atoms in total. The number of amides is 2. The van der Waals surface area contributed by atoms with E-state index in [0.29, 0.717) is 10.7 Å². The highest BCUT2D eigenvalue weighted by atomic mass is 35.5. The maximum absolute atomic E-state index is 14.1. The molecule has 208 valence electrons. The minimum absolute atomic E-state index is 0.0762. The minimum Gasteiger partial charge on any atom is -0.352 e. The maximum atomic E-state index is 14.1. The van der Waals surface area contributed by atoms with Crippen LogP contribution in [-0.4, -0.2) is 50.0 Å². The van der Waals surface area contributed by atoms with E-state index < -0.39 is 28.5 Å². The number of hydrogen-bond acceptors (Lipinski definition) is 4. The third-order valence-corrected chi connectivity index (χ3v) is 7.66. The predicted octanol–water partition coefficient (Wildman–Crippen LogP) is 4.89. The molecule has 3 aromatic carbocycles. The number of nitrogens with one attached hydrogen (secondary N) is 1. The molecule has 39 heavy (non-hydrogen) atoms. The number of nitrogens with zero attached hydrogens (tertiary/aromatic N) is 2. The molecule has 0 radical (unpaired) electrons. The zero-order valence-electron chi connectivity index (χ0n) is 23.0. The van der Waals surface area contributed by atoms with Crippen LogP contribution >= 0.6 is 11.6 Å². The SMILES string of the molecule is Cc1cccc(C)c1N(CC(=O)N(Cc1cccc(Cl)c1)C(Cc1ccccc1)C(=O)NC(C)C)S(C)(=O)=O. The van der Waals surface area contributed by atoms with Gasteiger partial charge in [0.2, 0.25) is 21.8 Å². The number of sulfonamides is 1. The summed E-state index contributed by atoms with van der Waals surface area (Å²) >= 11 is 6.24. The van der Waals surface area contributed by atoms with Gasteiger partial charge in [0.15, 0.2) is 0 Å². The number of carbonyl (C=O) groups excluding carboxylic acids is 2. The van der Waals surface area contributed by atoms with Crippen LogP contribution in [0, 0.1) is 13.8 Å². The molecule has 0 saturated heterocycles. The molecule has 0 aliphatic heterocycles. The Morgan fingerprint density at radius 2 is 1.49 bits per heavy atom. The van der Waals surface area contributed by atoms with Crippen LogP contribution in [0.2, 0.25) is 5.02 Å². The van der Waals surface area contributed by atoms with Crippen LogP contribution in [0.3, 0.4) is 0 Å². The third-order valence-electron chi connectivity index (χ3n) is 6.31. The zero-order chi connectivity index (χ0) is 28.7. The van der Waals surface area contributed by atoms with E-state index in [0.717, 1.165) is 32.8 Å². The Bertz CT molecular complexity index is 1390. The Hall–Kier alpha value is -3.36. The van der Waals surface area contributed by atoms with Crippen LogP contribution in [0.25, 0.3) is 0 Å². The van der Waals surface area contributed by atoms with Gasteiger partial charge in [0, 0.05) is 24.0 Å². The number of benzene rings is 3. The third kappa shape index (κ3) is 8.31. The number of aryl methyl sites for hydroxylation is 2. The maximum Gasteiger partial charge on any atom is 0.244 e. The van der Waals surface area contributed by atoms with Gasteiger partial charge in [0.25, 0.3) is 0 Å². The van der Waals surface area contributed by atoms with Gasteiger partial charge in [-0.1, -0.05) is 72.3 Å². The summed E-state index contributed by atoms with van der Waals surface area (Å²) in [6, 6.07) is 20.9. The predicted molar refractivity (Wildman–Crippen MR) is 157 cm³/mol. The molecule has 0 aliphatic rings. The summed E-state index contributed by atoms with van der Waals surface area (Å²) in [6.07, 6.45) is 1.34. The van der Waals surface area contributed by atoms with Gasteiger partial charge in [-0.15, -0.1) is 0 Å². The molecule has 1 N–H and O–H groups in total. The Morgan fingerprint density at radius 1 is 0.897 bits per heavy atom. The Kier molecular flexibility index (Phi) is 10.2. The molecule has 0 saturated carbocycles. The van der Waals surface area contributed by atoms with Crippen molar-refractivity contribution in [3.8, 4) is 0 Å². The summed E-state index contributed by atoms with van der Waals surface area (Å²) < 4.78 is 27.1. The van der Waals surface area contributed by atoms with Crippen LogP contribution in [-0.2, 0) is 32.6 Å². The monoisotopic (exact) mass is 569 g/mol. The summed E-state index contributed by atoms with van der Waals surface area (Å²) in [7, 11) is -3.83. The van der Waals surface area contributed by atoms with E-state index >= 15 is 0 Å². The quantitative estimate of drug-likeness (QED) is 0.356. The molecule has 0 fully saturated rings. The molecule has 0 aliphatic carbocycles. The summed E-state index contributed by atoms with van der Waals surface area (Å²) in [6.45, 7) is 6.95. The number of halogens is 1. The van der Waals surface area contributed by atoms with Gasteiger partial charge in [-0.3, -0.25) is 13.9 Å². The molecule has 0 aromatic heterocycles. The average molecular weight is 570 g/mol. The van der Waals surface area contributed by atoms with Crippen molar-refractivity contribution >= 4 is 39.1 Å². The molecular weight excluding hydrogens is 534 g/mol. The second-order valence-corrected chi connectivity index (χ2v) is 12.4. The summed E-state index contributed by atoms with van der Waals surface area (Å²) in [4.78, 5) is 29.1. The van der Waals surface area contributed by atoms with Crippen molar-refractivity contribution in [1.29, 1.82) is 0 Å². The fraction of sp³-hybridized carbons (Fsp3) is 0.333. The molecule has 2 amide bonds. The van der Waals surface area contributed by atoms with Crippen LogP contribution in [0.1, 0.15) is 36.1 Å². The lowest BCUT2D eigenvalue weighted by atomic mass is 10.0. The number of anilines is 1. The molecule has 0 bridgehead atoms. The van der Waals surface area contributed by atoms with E-state index in [2.05, 4.69) is 5.32 Å². The van der Waals surface area contributed by atoms with E-state index in [1.807, 2.05) is 82.3 Å². The molecule has 3 rings (SSSR count). The zero-order valence-corrected chi connectivity index (χ0v) is 24.6. The van der Waals surface area contributed by atoms with E-state index in [-0.39, 0.29) is 24.9 Å². The first-order chi connectivity index (χ1) is 18.4. The van der Waals surface area contributed by atoms with Gasteiger partial charge in [-0.05, 0) is 62.1 Å². The van der Waals surface area contributed by atoms with Gasteiger partial charge in [-0.25, -0.2) is 8.42 Å². The Balaban J connectivity index is 2.09. The van der Waals surface area contributed by atoms with Gasteiger partial charge < -0.3 is 10.2 Å². The topological polar surface area (TPSA) is 86.8 Å². The van der Waals surface area contributed by atoms with E-state index in [9.17, 15) is 18.0 Å². The molecular formula is C30H36ClN3O4S. The van der Waals surface area contributed by atoms with Crippen molar-refractivity contribution in [3.05, 3.63) is 100 Å². The first-order valence-electron chi connectivity index (χ1n) is 12.8. The fourth-order valence-electron chi connectivity index (χ4n) is 4.54. The van der Waals surface area contributed by atoms with Gasteiger partial charge in [-0.2, -0.15) is 0 Å². The largest absolute Gasteiger partial charge is 0.352 e. The molecule has 1 atom stereocenters. The summed E-state index contributed by atoms with van der Waals surface area (Å²) in [5.74, 6) is -0.815. The van der Waals surface area contributed by atoms with Crippen LogP contribution < -0.4 is 9.62 Å². The number of hydrogen-bond donors (Lipinski definition) is 1. The number of para-hydroxylation sites is 1. The minimum atomic E-state index is -3.83. The second-order valence-electron chi connectivity index (χ2n) is 10.0. The smallest absolute Gasteiger partial charge is 0.244 e. The van der Waals surface area contributed by atoms with Crippen LogP contribution in [0.15, 0.2) is 72.8 Å². The molecule has 3 aromatic rings. The van der Waals surface area contributed by atoms with Crippen LogP contribution in [0.4, 0.5) is 5.69 Å². The molecule has 0 heterocycles. The number of rotatable bonds is 11. The Labute approximate surface area is 236 Å². The van der Waals surface area contributed by atoms with Crippen molar-refractivity contribution in [2.75, 3.05) is 17.1 Å². The molecule has 1 unspecified atom stereocenters. The highest BCUT2D eigenvalue weighted by Crippen LogP contribution is 2.27. The molecule has 9 heteroatoms.